The molecule has 1 unspecified atom stereocenters. The second-order valence-electron chi connectivity index (χ2n) is 8.59. The van der Waals surface area contributed by atoms with Crippen molar-refractivity contribution in [1.82, 2.24) is 15.0 Å². The molecule has 3 aromatic rings. The average Bonchev–Trinajstić information content (AvgIpc) is 3.45. The summed E-state index contributed by atoms with van der Waals surface area (Å²) in [5.41, 5.74) is 1.23. The Morgan fingerprint density at radius 1 is 1.29 bits per heavy atom. The summed E-state index contributed by atoms with van der Waals surface area (Å²) in [4.78, 5) is 25.1. The highest BCUT2D eigenvalue weighted by Crippen LogP contribution is 2.36. The second-order valence-corrected chi connectivity index (χ2v) is 9.62. The molecule has 7 nitrogen and oxygen atoms in total. The van der Waals surface area contributed by atoms with Gasteiger partial charge in [0.25, 0.3) is 0 Å². The Balaban J connectivity index is 1.25. The van der Waals surface area contributed by atoms with Crippen LogP contribution in [0.5, 0.6) is 0 Å². The number of ether oxygens (including phenoxy) is 1. The second kappa shape index (κ2) is 7.89. The Labute approximate surface area is 182 Å². The van der Waals surface area contributed by atoms with Gasteiger partial charge in [-0.25, -0.2) is 19.3 Å². The van der Waals surface area contributed by atoms with Gasteiger partial charge in [-0.2, -0.15) is 0 Å². The molecule has 1 amide bonds. The zero-order valence-electron chi connectivity index (χ0n) is 17.0. The molecular formula is C22H23FN4O3S. The van der Waals surface area contributed by atoms with Crippen molar-refractivity contribution in [2.45, 2.75) is 57.1 Å². The van der Waals surface area contributed by atoms with Crippen LogP contribution in [0.4, 0.5) is 9.52 Å². The number of nitrogens with zero attached hydrogens (tertiary/aromatic N) is 3. The van der Waals surface area contributed by atoms with E-state index in [0.717, 1.165) is 34.2 Å². The maximum Gasteiger partial charge on any atom is 0.229 e. The minimum Gasteiger partial charge on any atom is -0.390 e. The van der Waals surface area contributed by atoms with E-state index in [1.807, 2.05) is 18.2 Å². The number of anilines is 1. The molecule has 1 aromatic carbocycles. The van der Waals surface area contributed by atoms with Crippen LogP contribution in [0.2, 0.25) is 0 Å². The van der Waals surface area contributed by atoms with Crippen LogP contribution in [0.25, 0.3) is 21.3 Å². The van der Waals surface area contributed by atoms with Crippen molar-refractivity contribution in [3.8, 4) is 11.1 Å². The standard InChI is InChI=1S/C22H23FN4O3S/c1-22(23)7-16(28)17(8-22)30-11-19-24-9-14(10-25-19)13-4-5-15-18(6-13)31-21(26-15)27-20(29)12-2-3-12/h4-6,9-10,12,16-17,28H,2-3,7-8,11H2,1H3,(H,26,27,29)/t16-,17-,22?/m0/s1. The lowest BCUT2D eigenvalue weighted by atomic mass is 10.1. The fourth-order valence-electron chi connectivity index (χ4n) is 3.85. The highest BCUT2D eigenvalue weighted by molar-refractivity contribution is 7.22. The van der Waals surface area contributed by atoms with Crippen molar-refractivity contribution in [1.29, 1.82) is 0 Å². The molecule has 3 atom stereocenters. The predicted octanol–water partition coefficient (Wildman–Crippen LogP) is 3.87. The lowest BCUT2D eigenvalue weighted by Crippen LogP contribution is -2.23. The number of nitrogens with one attached hydrogen (secondary N) is 1. The molecule has 5 rings (SSSR count). The van der Waals surface area contributed by atoms with Crippen LogP contribution in [0.1, 0.15) is 38.4 Å². The number of carbonyl (C=O) groups is 1. The number of aliphatic hydroxyl groups excluding tert-OH is 1. The normalized spacial score (nSPS) is 25.8. The Hall–Kier alpha value is -2.49. The summed E-state index contributed by atoms with van der Waals surface area (Å²) >= 11 is 1.45. The molecule has 2 aromatic heterocycles. The molecule has 2 heterocycles. The van der Waals surface area contributed by atoms with Gasteiger partial charge in [0, 0.05) is 36.7 Å². The van der Waals surface area contributed by atoms with Gasteiger partial charge in [0.05, 0.1) is 22.4 Å². The fraction of sp³-hybridized carbons (Fsp3) is 0.455. The summed E-state index contributed by atoms with van der Waals surface area (Å²) in [7, 11) is 0. The number of thiazole rings is 1. The van der Waals surface area contributed by atoms with Gasteiger partial charge < -0.3 is 15.2 Å². The molecule has 2 fully saturated rings. The fourth-order valence-corrected chi connectivity index (χ4v) is 4.76. The van der Waals surface area contributed by atoms with Gasteiger partial charge >= 0.3 is 0 Å². The third kappa shape index (κ3) is 4.58. The molecule has 2 aliphatic rings. The van der Waals surface area contributed by atoms with Gasteiger partial charge in [-0.15, -0.1) is 0 Å². The number of aromatic nitrogens is 3. The van der Waals surface area contributed by atoms with Crippen molar-refractivity contribution in [2.24, 2.45) is 5.92 Å². The third-order valence-electron chi connectivity index (χ3n) is 5.72. The largest absolute Gasteiger partial charge is 0.390 e. The third-order valence-corrected chi connectivity index (χ3v) is 6.66. The first-order valence-corrected chi connectivity index (χ1v) is 11.2. The molecule has 162 valence electrons. The van der Waals surface area contributed by atoms with Crippen LogP contribution in [0.15, 0.2) is 30.6 Å². The highest BCUT2D eigenvalue weighted by atomic mass is 32.1. The van der Waals surface area contributed by atoms with E-state index in [2.05, 4.69) is 20.3 Å². The maximum absolute atomic E-state index is 14.0. The number of amides is 1. The molecule has 0 radical (unpaired) electrons. The average molecular weight is 443 g/mol. The van der Waals surface area contributed by atoms with Crippen molar-refractivity contribution >= 4 is 32.6 Å². The number of aliphatic hydroxyl groups is 1. The molecule has 0 bridgehead atoms. The van der Waals surface area contributed by atoms with Gasteiger partial charge in [0.1, 0.15) is 12.3 Å². The van der Waals surface area contributed by atoms with Gasteiger partial charge in [0.15, 0.2) is 11.0 Å². The minimum atomic E-state index is -1.40. The van der Waals surface area contributed by atoms with E-state index in [1.165, 1.54) is 18.3 Å². The molecule has 0 aliphatic heterocycles. The summed E-state index contributed by atoms with van der Waals surface area (Å²) in [6.45, 7) is 1.60. The number of carbonyl (C=O) groups excluding carboxylic acids is 1. The first kappa shape index (κ1) is 20.4. The van der Waals surface area contributed by atoms with Crippen LogP contribution in [0.3, 0.4) is 0 Å². The molecule has 2 saturated carbocycles. The van der Waals surface area contributed by atoms with Gasteiger partial charge in [-0.1, -0.05) is 17.4 Å². The van der Waals surface area contributed by atoms with E-state index in [4.69, 9.17) is 4.74 Å². The molecule has 9 heteroatoms. The first-order chi connectivity index (χ1) is 14.9. The SMILES string of the molecule is CC1(F)C[C@H](OCc2ncc(-c3ccc4nc(NC(=O)C5CC5)sc4c3)cn2)[C@@H](O)C1. The summed E-state index contributed by atoms with van der Waals surface area (Å²) in [6.07, 6.45) is 4.26. The Morgan fingerprint density at radius 2 is 2.06 bits per heavy atom. The molecular weight excluding hydrogens is 419 g/mol. The van der Waals surface area contributed by atoms with Crippen molar-refractivity contribution in [3.05, 3.63) is 36.4 Å². The first-order valence-electron chi connectivity index (χ1n) is 10.4. The zero-order chi connectivity index (χ0) is 21.6. The Kier molecular flexibility index (Phi) is 5.19. The number of alkyl halides is 1. The van der Waals surface area contributed by atoms with E-state index in [9.17, 15) is 14.3 Å². The topological polar surface area (TPSA) is 97.2 Å². The number of halogens is 1. The molecule has 2 N–H and O–H groups in total. The van der Waals surface area contributed by atoms with Crippen molar-refractivity contribution in [2.75, 3.05) is 5.32 Å². The quantitative estimate of drug-likeness (QED) is 0.602. The van der Waals surface area contributed by atoms with Gasteiger partial charge in [-0.3, -0.25) is 4.79 Å². The lowest BCUT2D eigenvalue weighted by Gasteiger charge is -2.15. The van der Waals surface area contributed by atoms with Crippen LogP contribution < -0.4 is 5.32 Å². The van der Waals surface area contributed by atoms with E-state index in [-0.39, 0.29) is 31.3 Å². The van der Waals surface area contributed by atoms with Gasteiger partial charge in [0.2, 0.25) is 5.91 Å². The summed E-state index contributed by atoms with van der Waals surface area (Å²) in [5.74, 6) is 0.666. The monoisotopic (exact) mass is 442 g/mol. The van der Waals surface area contributed by atoms with E-state index in [1.54, 1.807) is 12.4 Å². The smallest absolute Gasteiger partial charge is 0.229 e. The molecule has 0 saturated heterocycles. The Bertz CT molecular complexity index is 1110. The van der Waals surface area contributed by atoms with Crippen LogP contribution >= 0.6 is 11.3 Å². The number of benzene rings is 1. The summed E-state index contributed by atoms with van der Waals surface area (Å²) in [5, 5.41) is 13.4. The zero-order valence-corrected chi connectivity index (χ0v) is 17.9. The van der Waals surface area contributed by atoms with Crippen molar-refractivity contribution in [3.63, 3.8) is 0 Å². The van der Waals surface area contributed by atoms with E-state index in [0.29, 0.717) is 11.0 Å². The van der Waals surface area contributed by atoms with Crippen LogP contribution in [-0.2, 0) is 16.1 Å². The van der Waals surface area contributed by atoms with Gasteiger partial charge in [-0.05, 0) is 37.5 Å². The minimum absolute atomic E-state index is 0.0479. The van der Waals surface area contributed by atoms with Crippen LogP contribution in [0, 0.1) is 5.92 Å². The van der Waals surface area contributed by atoms with Crippen molar-refractivity contribution < 1.29 is 19.0 Å². The van der Waals surface area contributed by atoms with E-state index >= 15 is 0 Å². The number of hydrogen-bond acceptors (Lipinski definition) is 7. The summed E-state index contributed by atoms with van der Waals surface area (Å²) in [6, 6.07) is 5.87. The maximum atomic E-state index is 14.0. The lowest BCUT2D eigenvalue weighted by molar-refractivity contribution is -0.117. The molecule has 31 heavy (non-hydrogen) atoms. The van der Waals surface area contributed by atoms with E-state index < -0.39 is 17.9 Å². The molecule has 0 spiro atoms. The van der Waals surface area contributed by atoms with Crippen LogP contribution in [-0.4, -0.2) is 43.8 Å². The predicted molar refractivity (Wildman–Crippen MR) is 115 cm³/mol. The number of fused-ring (bicyclic) bond motifs is 1. The molecule has 2 aliphatic carbocycles. The Morgan fingerprint density at radius 3 is 2.74 bits per heavy atom. The number of hydrogen-bond donors (Lipinski definition) is 2. The number of rotatable bonds is 6. The highest BCUT2D eigenvalue weighted by Gasteiger charge is 2.42. The summed E-state index contributed by atoms with van der Waals surface area (Å²) < 4.78 is 20.6.